The van der Waals surface area contributed by atoms with Gasteiger partial charge in [-0.1, -0.05) is 6.42 Å². The third-order valence-corrected chi connectivity index (χ3v) is 3.48. The van der Waals surface area contributed by atoms with Gasteiger partial charge >= 0.3 is 5.97 Å². The van der Waals surface area contributed by atoms with Crippen molar-refractivity contribution < 1.29 is 19.7 Å². The van der Waals surface area contributed by atoms with Gasteiger partial charge in [-0.15, -0.1) is 0 Å². The second kappa shape index (κ2) is 5.93. The standard InChI is InChI=1S/C14H19NO4/c1-19-14(18)11-7-9(12(16)8-13(11)17)6-10-4-2-3-5-15-10/h7-8,10,15-17H,2-6H2,1H3. The van der Waals surface area contributed by atoms with Gasteiger partial charge in [0.05, 0.1) is 7.11 Å². The number of rotatable bonds is 3. The van der Waals surface area contributed by atoms with E-state index >= 15 is 0 Å². The topological polar surface area (TPSA) is 78.8 Å². The molecule has 0 saturated carbocycles. The van der Waals surface area contributed by atoms with Gasteiger partial charge in [-0.2, -0.15) is 0 Å². The molecule has 104 valence electrons. The van der Waals surface area contributed by atoms with Crippen LogP contribution in [0.3, 0.4) is 0 Å². The molecule has 1 fully saturated rings. The first-order valence-corrected chi connectivity index (χ1v) is 6.48. The second-order valence-corrected chi connectivity index (χ2v) is 4.84. The van der Waals surface area contributed by atoms with E-state index in [-0.39, 0.29) is 17.1 Å². The Balaban J connectivity index is 2.21. The molecule has 3 N–H and O–H groups in total. The van der Waals surface area contributed by atoms with Crippen LogP contribution in [0.4, 0.5) is 0 Å². The summed E-state index contributed by atoms with van der Waals surface area (Å²) in [6.07, 6.45) is 4.02. The number of nitrogens with one attached hydrogen (secondary N) is 1. The fourth-order valence-electron chi connectivity index (χ4n) is 2.42. The Morgan fingerprint density at radius 3 is 2.79 bits per heavy atom. The van der Waals surface area contributed by atoms with E-state index in [4.69, 9.17) is 0 Å². The van der Waals surface area contributed by atoms with E-state index in [9.17, 15) is 15.0 Å². The number of esters is 1. The van der Waals surface area contributed by atoms with Crippen LogP contribution in [0, 0.1) is 0 Å². The summed E-state index contributed by atoms with van der Waals surface area (Å²) in [6, 6.07) is 3.01. The number of phenolic OH excluding ortho intramolecular Hbond substituents is 2. The number of benzene rings is 1. The quantitative estimate of drug-likeness (QED) is 0.723. The number of aromatic hydroxyl groups is 2. The smallest absolute Gasteiger partial charge is 0.341 e. The minimum Gasteiger partial charge on any atom is -0.508 e. The first-order chi connectivity index (χ1) is 9.11. The molecule has 1 heterocycles. The SMILES string of the molecule is COC(=O)c1cc(CC2CCCCN2)c(O)cc1O. The first kappa shape index (κ1) is 13.7. The van der Waals surface area contributed by atoms with E-state index in [0.717, 1.165) is 13.0 Å². The molecule has 1 saturated heterocycles. The summed E-state index contributed by atoms with van der Waals surface area (Å²) in [5, 5.41) is 22.9. The molecule has 1 atom stereocenters. The fraction of sp³-hybridized carbons (Fsp3) is 0.500. The molecule has 0 amide bonds. The van der Waals surface area contributed by atoms with Crippen LogP contribution < -0.4 is 5.32 Å². The summed E-state index contributed by atoms with van der Waals surface area (Å²) in [7, 11) is 1.26. The minimum absolute atomic E-state index is 0.0116. The van der Waals surface area contributed by atoms with Crippen LogP contribution in [0.25, 0.3) is 0 Å². The van der Waals surface area contributed by atoms with Gasteiger partial charge in [-0.05, 0) is 37.4 Å². The Kier molecular flexibility index (Phi) is 4.27. The van der Waals surface area contributed by atoms with E-state index in [1.165, 1.54) is 32.1 Å². The van der Waals surface area contributed by atoms with Crippen LogP contribution >= 0.6 is 0 Å². The van der Waals surface area contributed by atoms with Gasteiger partial charge in [0.15, 0.2) is 0 Å². The van der Waals surface area contributed by atoms with Crippen LogP contribution in [0.15, 0.2) is 12.1 Å². The predicted molar refractivity (Wildman–Crippen MR) is 70.5 cm³/mol. The summed E-state index contributed by atoms with van der Waals surface area (Å²) < 4.78 is 4.61. The molecule has 5 heteroatoms. The van der Waals surface area contributed by atoms with Crippen LogP contribution in [0.1, 0.15) is 35.2 Å². The van der Waals surface area contributed by atoms with Crippen molar-refractivity contribution in [3.8, 4) is 11.5 Å². The monoisotopic (exact) mass is 265 g/mol. The number of piperidine rings is 1. The lowest BCUT2D eigenvalue weighted by molar-refractivity contribution is 0.0597. The van der Waals surface area contributed by atoms with E-state index in [0.29, 0.717) is 18.0 Å². The second-order valence-electron chi connectivity index (χ2n) is 4.84. The molecule has 1 aromatic rings. The summed E-state index contributed by atoms with van der Waals surface area (Å²) in [6.45, 7) is 0.980. The number of ether oxygens (including phenoxy) is 1. The number of hydrogen-bond donors (Lipinski definition) is 3. The zero-order valence-electron chi connectivity index (χ0n) is 11.0. The Morgan fingerprint density at radius 2 is 2.16 bits per heavy atom. The highest BCUT2D eigenvalue weighted by molar-refractivity contribution is 5.92. The van der Waals surface area contributed by atoms with Crippen molar-refractivity contribution >= 4 is 5.97 Å². The Bertz CT molecular complexity index is 467. The Labute approximate surface area is 112 Å². The van der Waals surface area contributed by atoms with Gasteiger partial charge < -0.3 is 20.3 Å². The van der Waals surface area contributed by atoms with Crippen LogP contribution in [-0.2, 0) is 11.2 Å². The molecular weight excluding hydrogens is 246 g/mol. The van der Waals surface area contributed by atoms with E-state index < -0.39 is 5.97 Å². The first-order valence-electron chi connectivity index (χ1n) is 6.48. The fourth-order valence-corrected chi connectivity index (χ4v) is 2.42. The summed E-state index contributed by atoms with van der Waals surface area (Å²) in [5.74, 6) is -0.849. The van der Waals surface area contributed by atoms with Gasteiger partial charge in [0.25, 0.3) is 0 Å². The maximum absolute atomic E-state index is 11.5. The average Bonchev–Trinajstić information content (AvgIpc) is 2.42. The van der Waals surface area contributed by atoms with Crippen LogP contribution in [0.5, 0.6) is 11.5 Å². The molecule has 0 bridgehead atoms. The molecule has 0 aromatic heterocycles. The molecule has 1 aliphatic rings. The van der Waals surface area contributed by atoms with Crippen molar-refractivity contribution in [2.45, 2.75) is 31.7 Å². The highest BCUT2D eigenvalue weighted by Gasteiger charge is 2.19. The van der Waals surface area contributed by atoms with E-state index in [1.54, 1.807) is 0 Å². The summed E-state index contributed by atoms with van der Waals surface area (Å²) >= 11 is 0. The molecule has 0 radical (unpaired) electrons. The van der Waals surface area contributed by atoms with Crippen LogP contribution in [0.2, 0.25) is 0 Å². The molecule has 1 aliphatic heterocycles. The normalized spacial score (nSPS) is 19.1. The maximum atomic E-state index is 11.5. The van der Waals surface area contributed by atoms with Gasteiger partial charge in [0.1, 0.15) is 17.1 Å². The van der Waals surface area contributed by atoms with E-state index in [2.05, 4.69) is 10.1 Å². The largest absolute Gasteiger partial charge is 0.508 e. The molecular formula is C14H19NO4. The molecule has 0 aliphatic carbocycles. The van der Waals surface area contributed by atoms with Crippen molar-refractivity contribution in [2.24, 2.45) is 0 Å². The number of hydrogen-bond acceptors (Lipinski definition) is 5. The highest BCUT2D eigenvalue weighted by Crippen LogP contribution is 2.29. The number of phenols is 2. The van der Waals surface area contributed by atoms with Gasteiger partial charge in [-0.3, -0.25) is 0 Å². The zero-order chi connectivity index (χ0) is 13.8. The lowest BCUT2D eigenvalue weighted by Crippen LogP contribution is -2.35. The lowest BCUT2D eigenvalue weighted by Gasteiger charge is -2.24. The van der Waals surface area contributed by atoms with Crippen molar-refractivity contribution in [3.63, 3.8) is 0 Å². The summed E-state index contributed by atoms with van der Waals surface area (Å²) in [4.78, 5) is 11.5. The summed E-state index contributed by atoms with van der Waals surface area (Å²) in [5.41, 5.74) is 0.740. The Morgan fingerprint density at radius 1 is 1.37 bits per heavy atom. The van der Waals surface area contributed by atoms with Crippen LogP contribution in [-0.4, -0.2) is 35.9 Å². The maximum Gasteiger partial charge on any atom is 0.341 e. The van der Waals surface area contributed by atoms with Crippen molar-refractivity contribution in [3.05, 3.63) is 23.3 Å². The van der Waals surface area contributed by atoms with Crippen molar-refractivity contribution in [2.75, 3.05) is 13.7 Å². The molecule has 1 aromatic carbocycles. The molecule has 1 unspecified atom stereocenters. The van der Waals surface area contributed by atoms with Gasteiger partial charge in [-0.25, -0.2) is 4.79 Å². The number of carbonyl (C=O) groups excluding carboxylic acids is 1. The highest BCUT2D eigenvalue weighted by atomic mass is 16.5. The third kappa shape index (κ3) is 3.17. The van der Waals surface area contributed by atoms with Crippen molar-refractivity contribution in [1.29, 1.82) is 0 Å². The molecule has 0 spiro atoms. The zero-order valence-corrected chi connectivity index (χ0v) is 11.0. The molecule has 5 nitrogen and oxygen atoms in total. The van der Waals surface area contributed by atoms with Crippen molar-refractivity contribution in [1.82, 2.24) is 5.32 Å². The van der Waals surface area contributed by atoms with Gasteiger partial charge in [0, 0.05) is 12.1 Å². The Hall–Kier alpha value is -1.75. The number of carbonyl (C=O) groups is 1. The third-order valence-electron chi connectivity index (χ3n) is 3.48. The molecule has 19 heavy (non-hydrogen) atoms. The van der Waals surface area contributed by atoms with Gasteiger partial charge in [0.2, 0.25) is 0 Å². The minimum atomic E-state index is -0.602. The average molecular weight is 265 g/mol. The predicted octanol–water partition coefficient (Wildman–Crippen LogP) is 1.57. The number of methoxy groups -OCH3 is 1. The molecule has 2 rings (SSSR count). The lowest BCUT2D eigenvalue weighted by atomic mass is 9.96. The van der Waals surface area contributed by atoms with E-state index in [1.807, 2.05) is 0 Å².